The Morgan fingerprint density at radius 2 is 1.30 bits per heavy atom. The van der Waals surface area contributed by atoms with Gasteiger partial charge in [0.25, 0.3) is 0 Å². The molecule has 0 spiro atoms. The second kappa shape index (κ2) is 8.52. The van der Waals surface area contributed by atoms with Gasteiger partial charge in [0.1, 0.15) is 0 Å². The van der Waals surface area contributed by atoms with Gasteiger partial charge in [0, 0.05) is 12.4 Å². The molecule has 2 aromatic rings. The number of pyridine rings is 1. The van der Waals surface area contributed by atoms with Gasteiger partial charge in [0.2, 0.25) is 0 Å². The van der Waals surface area contributed by atoms with E-state index in [1.165, 1.54) is 55.2 Å². The van der Waals surface area contributed by atoms with Gasteiger partial charge in [-0.15, -0.1) is 0 Å². The van der Waals surface area contributed by atoms with E-state index in [1.807, 2.05) is 12.4 Å². The van der Waals surface area contributed by atoms with E-state index in [-0.39, 0.29) is 0 Å². The molecular weight excluding hydrogens is 242 g/mol. The number of nitrogens with zero attached hydrogens (tertiary/aromatic N) is 1. The molecule has 0 aliphatic heterocycles. The van der Waals surface area contributed by atoms with Crippen LogP contribution in [0, 0.1) is 0 Å². The van der Waals surface area contributed by atoms with Crippen LogP contribution >= 0.6 is 0 Å². The number of hydrogen-bond acceptors (Lipinski definition) is 1. The molecule has 0 unspecified atom stereocenters. The SMILES string of the molecule is CCCCCCCc1ccc(Cc2ccncc2)cc1. The Hall–Kier alpha value is -1.63. The van der Waals surface area contributed by atoms with E-state index in [1.54, 1.807) is 0 Å². The quantitative estimate of drug-likeness (QED) is 0.600. The molecule has 0 saturated heterocycles. The predicted octanol–water partition coefficient (Wildman–Crippen LogP) is 5.19. The maximum absolute atomic E-state index is 4.06. The third-order valence-corrected chi connectivity index (χ3v) is 3.75. The van der Waals surface area contributed by atoms with Crippen molar-refractivity contribution in [3.05, 3.63) is 65.5 Å². The van der Waals surface area contributed by atoms with Gasteiger partial charge in [0.15, 0.2) is 0 Å². The average molecular weight is 267 g/mol. The zero-order chi connectivity index (χ0) is 14.0. The van der Waals surface area contributed by atoms with Crippen molar-refractivity contribution in [2.75, 3.05) is 0 Å². The first-order valence-electron chi connectivity index (χ1n) is 7.85. The standard InChI is InChI=1S/C19H25N/c1-2-3-4-5-6-7-17-8-10-18(11-9-17)16-19-12-14-20-15-13-19/h8-15H,2-7,16H2,1H3. The third kappa shape index (κ3) is 5.16. The number of rotatable bonds is 8. The van der Waals surface area contributed by atoms with Gasteiger partial charge in [-0.2, -0.15) is 0 Å². The zero-order valence-corrected chi connectivity index (χ0v) is 12.5. The van der Waals surface area contributed by atoms with Crippen molar-refractivity contribution < 1.29 is 0 Å². The Balaban J connectivity index is 1.78. The molecule has 0 saturated carbocycles. The van der Waals surface area contributed by atoms with E-state index >= 15 is 0 Å². The summed E-state index contributed by atoms with van der Waals surface area (Å²) in [5.74, 6) is 0. The fraction of sp³-hybridized carbons (Fsp3) is 0.421. The molecule has 106 valence electrons. The van der Waals surface area contributed by atoms with Crippen LogP contribution in [0.25, 0.3) is 0 Å². The molecule has 0 fully saturated rings. The van der Waals surface area contributed by atoms with Crippen LogP contribution in [0.15, 0.2) is 48.8 Å². The second-order valence-electron chi connectivity index (χ2n) is 5.51. The number of benzene rings is 1. The summed E-state index contributed by atoms with van der Waals surface area (Å²) in [6, 6.07) is 13.3. The first kappa shape index (κ1) is 14.8. The molecule has 1 nitrogen and oxygen atoms in total. The smallest absolute Gasteiger partial charge is 0.0270 e. The average Bonchev–Trinajstić information content (AvgIpc) is 2.50. The summed E-state index contributed by atoms with van der Waals surface area (Å²) < 4.78 is 0. The first-order chi connectivity index (χ1) is 9.88. The minimum Gasteiger partial charge on any atom is -0.265 e. The molecule has 0 bridgehead atoms. The lowest BCUT2D eigenvalue weighted by molar-refractivity contribution is 0.632. The van der Waals surface area contributed by atoms with Gasteiger partial charge in [-0.3, -0.25) is 4.98 Å². The second-order valence-corrected chi connectivity index (χ2v) is 5.51. The van der Waals surface area contributed by atoms with Gasteiger partial charge in [0.05, 0.1) is 0 Å². The van der Waals surface area contributed by atoms with Crippen LogP contribution in [0.3, 0.4) is 0 Å². The summed E-state index contributed by atoms with van der Waals surface area (Å²) >= 11 is 0. The Labute approximate surface area is 123 Å². The van der Waals surface area contributed by atoms with Gasteiger partial charge >= 0.3 is 0 Å². The maximum atomic E-state index is 4.06. The minimum atomic E-state index is 0.999. The van der Waals surface area contributed by atoms with Crippen molar-refractivity contribution in [2.45, 2.75) is 51.9 Å². The lowest BCUT2D eigenvalue weighted by Crippen LogP contribution is -1.90. The Bertz CT molecular complexity index is 473. The highest BCUT2D eigenvalue weighted by Gasteiger charge is 1.98. The van der Waals surface area contributed by atoms with E-state index < -0.39 is 0 Å². The Morgan fingerprint density at radius 1 is 0.700 bits per heavy atom. The van der Waals surface area contributed by atoms with Crippen molar-refractivity contribution in [2.24, 2.45) is 0 Å². The molecule has 1 heterocycles. The summed E-state index contributed by atoms with van der Waals surface area (Å²) in [4.78, 5) is 4.06. The summed E-state index contributed by atoms with van der Waals surface area (Å²) in [7, 11) is 0. The molecule has 0 aliphatic rings. The van der Waals surface area contributed by atoms with Crippen LogP contribution in [0.4, 0.5) is 0 Å². The van der Waals surface area contributed by atoms with Gasteiger partial charge < -0.3 is 0 Å². The van der Waals surface area contributed by atoms with Crippen LogP contribution in [0.2, 0.25) is 0 Å². The highest BCUT2D eigenvalue weighted by atomic mass is 14.6. The van der Waals surface area contributed by atoms with Crippen molar-refractivity contribution in [1.82, 2.24) is 4.98 Å². The monoisotopic (exact) mass is 267 g/mol. The summed E-state index contributed by atoms with van der Waals surface area (Å²) in [6.07, 6.45) is 12.7. The fourth-order valence-corrected chi connectivity index (χ4v) is 2.49. The minimum absolute atomic E-state index is 0.999. The Morgan fingerprint density at radius 3 is 2.00 bits per heavy atom. The number of aryl methyl sites for hydroxylation is 1. The first-order valence-corrected chi connectivity index (χ1v) is 7.85. The highest BCUT2D eigenvalue weighted by molar-refractivity contribution is 5.27. The molecule has 0 radical (unpaired) electrons. The summed E-state index contributed by atoms with van der Waals surface area (Å²) in [6.45, 7) is 2.27. The number of hydrogen-bond donors (Lipinski definition) is 0. The molecule has 1 aromatic carbocycles. The van der Waals surface area contributed by atoms with Crippen molar-refractivity contribution in [3.63, 3.8) is 0 Å². The van der Waals surface area contributed by atoms with Crippen LogP contribution in [0.5, 0.6) is 0 Å². The van der Waals surface area contributed by atoms with Crippen molar-refractivity contribution >= 4 is 0 Å². The third-order valence-electron chi connectivity index (χ3n) is 3.75. The van der Waals surface area contributed by atoms with E-state index in [0.717, 1.165) is 6.42 Å². The number of aromatic nitrogens is 1. The van der Waals surface area contributed by atoms with Crippen molar-refractivity contribution in [3.8, 4) is 0 Å². The van der Waals surface area contributed by atoms with Crippen LogP contribution in [0.1, 0.15) is 55.7 Å². The predicted molar refractivity (Wildman–Crippen MR) is 85.9 cm³/mol. The lowest BCUT2D eigenvalue weighted by atomic mass is 10.0. The van der Waals surface area contributed by atoms with Crippen LogP contribution in [-0.2, 0) is 12.8 Å². The fourth-order valence-electron chi connectivity index (χ4n) is 2.49. The van der Waals surface area contributed by atoms with Gasteiger partial charge in [-0.05, 0) is 48.1 Å². The van der Waals surface area contributed by atoms with Crippen molar-refractivity contribution in [1.29, 1.82) is 0 Å². The Kier molecular flexibility index (Phi) is 6.30. The largest absolute Gasteiger partial charge is 0.265 e. The zero-order valence-electron chi connectivity index (χ0n) is 12.5. The van der Waals surface area contributed by atoms with Gasteiger partial charge in [-0.25, -0.2) is 0 Å². The molecule has 1 aromatic heterocycles. The molecule has 0 atom stereocenters. The normalized spacial score (nSPS) is 10.7. The van der Waals surface area contributed by atoms with E-state index in [2.05, 4.69) is 48.3 Å². The van der Waals surface area contributed by atoms with E-state index in [9.17, 15) is 0 Å². The molecule has 0 amide bonds. The van der Waals surface area contributed by atoms with E-state index in [0.29, 0.717) is 0 Å². The molecule has 0 N–H and O–H groups in total. The van der Waals surface area contributed by atoms with Gasteiger partial charge in [-0.1, -0.05) is 56.9 Å². The lowest BCUT2D eigenvalue weighted by Gasteiger charge is -2.05. The van der Waals surface area contributed by atoms with E-state index in [4.69, 9.17) is 0 Å². The highest BCUT2D eigenvalue weighted by Crippen LogP contribution is 2.13. The molecule has 20 heavy (non-hydrogen) atoms. The topological polar surface area (TPSA) is 12.9 Å². The molecule has 1 heteroatoms. The summed E-state index contributed by atoms with van der Waals surface area (Å²) in [5, 5.41) is 0. The summed E-state index contributed by atoms with van der Waals surface area (Å²) in [5.41, 5.74) is 4.18. The molecule has 2 rings (SSSR count). The maximum Gasteiger partial charge on any atom is 0.0270 e. The molecular formula is C19H25N. The molecule has 0 aliphatic carbocycles. The van der Waals surface area contributed by atoms with Crippen LogP contribution in [-0.4, -0.2) is 4.98 Å². The number of unbranched alkanes of at least 4 members (excludes halogenated alkanes) is 4. The van der Waals surface area contributed by atoms with Crippen LogP contribution < -0.4 is 0 Å².